The second kappa shape index (κ2) is 5.65. The number of thiophene rings is 1. The molecule has 2 fully saturated rings. The first kappa shape index (κ1) is 15.7. The van der Waals surface area contributed by atoms with Crippen molar-refractivity contribution in [2.45, 2.75) is 31.5 Å². The molecule has 3 heterocycles. The average Bonchev–Trinajstić information content (AvgIpc) is 3.07. The number of aromatic amines is 1. The fourth-order valence-corrected chi connectivity index (χ4v) is 5.05. The molecule has 1 amide bonds. The zero-order valence-corrected chi connectivity index (χ0v) is 14.6. The van der Waals surface area contributed by atoms with Crippen LogP contribution in [0.15, 0.2) is 11.1 Å². The van der Waals surface area contributed by atoms with Crippen molar-refractivity contribution in [1.82, 2.24) is 20.2 Å². The van der Waals surface area contributed by atoms with E-state index in [0.29, 0.717) is 26.6 Å². The number of nitrogens with one attached hydrogen (secondary N) is 2. The Kier molecular flexibility index (Phi) is 3.70. The number of carbonyl (C=O) groups is 1. The average molecular weight is 348 g/mol. The van der Waals surface area contributed by atoms with Gasteiger partial charge in [-0.3, -0.25) is 9.59 Å². The molecule has 7 nitrogen and oxygen atoms in total. The maximum Gasteiger partial charge on any atom is 0.262 e. The van der Waals surface area contributed by atoms with Crippen molar-refractivity contribution in [3.63, 3.8) is 0 Å². The van der Waals surface area contributed by atoms with E-state index < -0.39 is 0 Å². The van der Waals surface area contributed by atoms with Gasteiger partial charge < -0.3 is 19.9 Å². The van der Waals surface area contributed by atoms with E-state index in [1.165, 1.54) is 17.7 Å². The van der Waals surface area contributed by atoms with E-state index in [9.17, 15) is 9.59 Å². The number of H-pyrrole nitrogens is 1. The van der Waals surface area contributed by atoms with E-state index in [1.807, 2.05) is 14.1 Å². The fourth-order valence-electron chi connectivity index (χ4n) is 4.00. The second-order valence-electron chi connectivity index (χ2n) is 6.71. The normalized spacial score (nSPS) is 28.8. The number of fused-ring (bicyclic) bond motifs is 2. The van der Waals surface area contributed by atoms with Crippen LogP contribution in [0.3, 0.4) is 0 Å². The molecule has 2 aromatic heterocycles. The Morgan fingerprint density at radius 2 is 2.29 bits per heavy atom. The molecule has 128 valence electrons. The van der Waals surface area contributed by atoms with Crippen LogP contribution in [0, 0.1) is 12.8 Å². The Hall–Kier alpha value is -1.77. The number of nitrogens with zero attached hydrogens (tertiary/aromatic N) is 2. The summed E-state index contributed by atoms with van der Waals surface area (Å²) >= 11 is 1.27. The summed E-state index contributed by atoms with van der Waals surface area (Å²) in [5.41, 5.74) is 0.494. The molecule has 1 aliphatic carbocycles. The molecule has 2 N–H and O–H groups in total. The minimum absolute atomic E-state index is 0.0795. The summed E-state index contributed by atoms with van der Waals surface area (Å²) in [5.74, 6) is 0.245. The summed E-state index contributed by atoms with van der Waals surface area (Å²) in [5, 5.41) is 3.67. The second-order valence-corrected chi connectivity index (χ2v) is 7.71. The number of carbonyl (C=O) groups excluding carboxylic acids is 1. The molecule has 1 aliphatic heterocycles. The lowest BCUT2D eigenvalue weighted by Crippen LogP contribution is -2.69. The van der Waals surface area contributed by atoms with Crippen molar-refractivity contribution < 1.29 is 9.53 Å². The number of hydrogen-bond donors (Lipinski definition) is 2. The maximum absolute atomic E-state index is 12.8. The van der Waals surface area contributed by atoms with Gasteiger partial charge in [0.25, 0.3) is 11.5 Å². The van der Waals surface area contributed by atoms with E-state index >= 15 is 0 Å². The number of likely N-dealkylation sites (N-methyl/N-ethyl adjacent to an activating group) is 1. The van der Waals surface area contributed by atoms with Gasteiger partial charge in [0.05, 0.1) is 34.8 Å². The van der Waals surface area contributed by atoms with Gasteiger partial charge in [-0.05, 0) is 33.0 Å². The van der Waals surface area contributed by atoms with Crippen molar-refractivity contribution in [2.24, 2.45) is 5.92 Å². The van der Waals surface area contributed by atoms with Gasteiger partial charge in [0.1, 0.15) is 4.83 Å². The van der Waals surface area contributed by atoms with E-state index in [1.54, 1.807) is 6.92 Å². The van der Waals surface area contributed by atoms with Crippen LogP contribution >= 0.6 is 11.3 Å². The van der Waals surface area contributed by atoms with Crippen LogP contribution in [0.4, 0.5) is 0 Å². The van der Waals surface area contributed by atoms with Crippen LogP contribution in [-0.2, 0) is 4.74 Å². The molecule has 8 heteroatoms. The largest absolute Gasteiger partial charge is 0.376 e. The van der Waals surface area contributed by atoms with Gasteiger partial charge in [-0.2, -0.15) is 0 Å². The summed E-state index contributed by atoms with van der Waals surface area (Å²) in [6.45, 7) is 2.56. The first-order chi connectivity index (χ1) is 11.5. The lowest BCUT2D eigenvalue weighted by molar-refractivity contribution is -0.0663. The third kappa shape index (κ3) is 2.21. The Morgan fingerprint density at radius 1 is 1.50 bits per heavy atom. The van der Waals surface area contributed by atoms with Crippen LogP contribution < -0.4 is 10.9 Å². The number of ether oxygens (including phenoxy) is 1. The van der Waals surface area contributed by atoms with Gasteiger partial charge in [-0.25, -0.2) is 4.98 Å². The van der Waals surface area contributed by atoms with Gasteiger partial charge >= 0.3 is 0 Å². The van der Waals surface area contributed by atoms with Crippen molar-refractivity contribution in [3.05, 3.63) is 27.1 Å². The highest BCUT2D eigenvalue weighted by Gasteiger charge is 2.55. The Morgan fingerprint density at radius 3 is 3.00 bits per heavy atom. The number of rotatable bonds is 3. The summed E-state index contributed by atoms with van der Waals surface area (Å²) in [6.07, 6.45) is 2.56. The van der Waals surface area contributed by atoms with Gasteiger partial charge in [0.15, 0.2) is 0 Å². The number of amides is 1. The van der Waals surface area contributed by atoms with E-state index in [2.05, 4.69) is 20.2 Å². The Labute approximate surface area is 143 Å². The van der Waals surface area contributed by atoms with Crippen LogP contribution in [0.2, 0.25) is 0 Å². The van der Waals surface area contributed by atoms with E-state index in [4.69, 9.17) is 4.74 Å². The lowest BCUT2D eigenvalue weighted by Gasteiger charge is -2.50. The van der Waals surface area contributed by atoms with E-state index in [0.717, 1.165) is 13.0 Å². The monoisotopic (exact) mass is 348 g/mol. The molecule has 0 spiro atoms. The molecule has 1 saturated heterocycles. The Bertz CT molecular complexity index is 859. The summed E-state index contributed by atoms with van der Waals surface area (Å²) in [7, 11) is 4.02. The van der Waals surface area contributed by atoms with Crippen LogP contribution in [0.5, 0.6) is 0 Å². The molecular weight excluding hydrogens is 328 g/mol. The molecule has 0 aromatic carbocycles. The smallest absolute Gasteiger partial charge is 0.262 e. The number of aromatic nitrogens is 2. The summed E-state index contributed by atoms with van der Waals surface area (Å²) in [6, 6.07) is 0.272. The molecule has 0 bridgehead atoms. The molecule has 4 atom stereocenters. The topological polar surface area (TPSA) is 87.3 Å². The van der Waals surface area contributed by atoms with Crippen molar-refractivity contribution in [1.29, 1.82) is 0 Å². The maximum atomic E-state index is 12.8. The van der Waals surface area contributed by atoms with Crippen molar-refractivity contribution in [2.75, 3.05) is 20.7 Å². The molecule has 2 aliphatic rings. The Balaban J connectivity index is 1.62. The van der Waals surface area contributed by atoms with Crippen LogP contribution in [-0.4, -0.2) is 59.7 Å². The quantitative estimate of drug-likeness (QED) is 0.854. The highest BCUT2D eigenvalue weighted by atomic mass is 32.1. The van der Waals surface area contributed by atoms with Crippen molar-refractivity contribution in [3.8, 4) is 0 Å². The molecule has 2 aromatic rings. The SMILES string of the molecule is Cc1c(C(=O)N[C@H]2[C@H]3CCO[C@H]3[C@@H]2N(C)C)sc2nc[nH]c(=O)c12. The molecule has 4 rings (SSSR count). The van der Waals surface area contributed by atoms with Gasteiger partial charge in [0.2, 0.25) is 0 Å². The molecule has 1 saturated carbocycles. The van der Waals surface area contributed by atoms with Crippen LogP contribution in [0.1, 0.15) is 21.7 Å². The lowest BCUT2D eigenvalue weighted by atomic mass is 9.71. The zero-order chi connectivity index (χ0) is 17.0. The third-order valence-electron chi connectivity index (χ3n) is 5.18. The van der Waals surface area contributed by atoms with Crippen LogP contribution in [0.25, 0.3) is 10.2 Å². The van der Waals surface area contributed by atoms with Gasteiger partial charge in [0, 0.05) is 12.5 Å². The highest BCUT2D eigenvalue weighted by molar-refractivity contribution is 7.20. The highest BCUT2D eigenvalue weighted by Crippen LogP contribution is 2.41. The molecule has 0 unspecified atom stereocenters. The molecular formula is C16H20N4O3S. The van der Waals surface area contributed by atoms with Gasteiger partial charge in [-0.15, -0.1) is 11.3 Å². The standard InChI is InChI=1S/C16H20N4O3S/c1-7-9-14(21)17-6-18-16(9)24-13(7)15(22)19-10-8-4-5-23-12(8)11(10)20(2)3/h6,8,10-12H,4-5H2,1-3H3,(H,19,22)(H,17,18,21)/t8-,10+,11-,12-/m1/s1. The third-order valence-corrected chi connectivity index (χ3v) is 6.38. The minimum Gasteiger partial charge on any atom is -0.376 e. The van der Waals surface area contributed by atoms with Gasteiger partial charge in [-0.1, -0.05) is 0 Å². The number of hydrogen-bond acceptors (Lipinski definition) is 6. The minimum atomic E-state index is -0.202. The number of aryl methyl sites for hydroxylation is 1. The molecule has 24 heavy (non-hydrogen) atoms. The summed E-state index contributed by atoms with van der Waals surface area (Å²) < 4.78 is 5.78. The zero-order valence-electron chi connectivity index (χ0n) is 13.8. The predicted molar refractivity (Wildman–Crippen MR) is 91.6 cm³/mol. The predicted octanol–water partition coefficient (Wildman–Crippen LogP) is 0.740. The van der Waals surface area contributed by atoms with Crippen molar-refractivity contribution >= 4 is 27.5 Å². The first-order valence-electron chi connectivity index (χ1n) is 8.04. The first-order valence-corrected chi connectivity index (χ1v) is 8.86. The molecule has 0 radical (unpaired) electrons. The fraction of sp³-hybridized carbons (Fsp3) is 0.562. The van der Waals surface area contributed by atoms with E-state index in [-0.39, 0.29) is 29.7 Å². The summed E-state index contributed by atoms with van der Waals surface area (Å²) in [4.78, 5) is 34.8.